The fraction of sp³-hybridized carbons (Fsp3) is 0.348. The quantitative estimate of drug-likeness (QED) is 0.672. The molecule has 2 aromatic carbocycles. The van der Waals surface area contributed by atoms with Gasteiger partial charge in [0.25, 0.3) is 0 Å². The minimum atomic E-state index is -0.0819. The standard InChI is InChI=1S/C23H25NOS/c1-16(17-7-5-4-6-8-17)24-21-12-9-18-15-19(26-3)10-11-20(18)23(21,2)14-13-22(24)25/h4-8,10-12,15-16H,9,13-14H2,1-3H3/t16-,23-/m1/s1. The summed E-state index contributed by atoms with van der Waals surface area (Å²) in [6.07, 6.45) is 6.81. The van der Waals surface area contributed by atoms with Crippen LogP contribution in [0.15, 0.2) is 65.2 Å². The van der Waals surface area contributed by atoms with Crippen molar-refractivity contribution in [2.75, 3.05) is 6.26 Å². The van der Waals surface area contributed by atoms with Crippen LogP contribution in [0, 0.1) is 0 Å². The molecule has 2 aliphatic rings. The van der Waals surface area contributed by atoms with Gasteiger partial charge in [-0.3, -0.25) is 4.79 Å². The minimum Gasteiger partial charge on any atom is -0.308 e. The Morgan fingerprint density at radius 1 is 1.15 bits per heavy atom. The summed E-state index contributed by atoms with van der Waals surface area (Å²) in [6, 6.07) is 17.2. The predicted molar refractivity (Wildman–Crippen MR) is 108 cm³/mol. The van der Waals surface area contributed by atoms with E-state index in [1.807, 2.05) is 18.2 Å². The average molecular weight is 364 g/mol. The summed E-state index contributed by atoms with van der Waals surface area (Å²) in [5.41, 5.74) is 5.10. The van der Waals surface area contributed by atoms with E-state index in [2.05, 4.69) is 61.4 Å². The van der Waals surface area contributed by atoms with Crippen molar-refractivity contribution in [3.05, 3.63) is 77.0 Å². The van der Waals surface area contributed by atoms with Crippen LogP contribution in [0.3, 0.4) is 0 Å². The van der Waals surface area contributed by atoms with Gasteiger partial charge in [0, 0.05) is 22.4 Å². The molecule has 1 heterocycles. The van der Waals surface area contributed by atoms with E-state index in [0.29, 0.717) is 6.42 Å². The summed E-state index contributed by atoms with van der Waals surface area (Å²) in [5.74, 6) is 0.245. The maximum Gasteiger partial charge on any atom is 0.227 e. The molecule has 0 spiro atoms. The molecule has 0 radical (unpaired) electrons. The molecule has 0 N–H and O–H groups in total. The van der Waals surface area contributed by atoms with Crippen molar-refractivity contribution in [2.45, 2.75) is 49.5 Å². The minimum absolute atomic E-state index is 0.0570. The van der Waals surface area contributed by atoms with Crippen LogP contribution < -0.4 is 0 Å². The third-order valence-electron chi connectivity index (χ3n) is 6.02. The van der Waals surface area contributed by atoms with Gasteiger partial charge in [0.2, 0.25) is 5.91 Å². The third kappa shape index (κ3) is 2.69. The van der Waals surface area contributed by atoms with Gasteiger partial charge in [-0.15, -0.1) is 11.8 Å². The zero-order valence-electron chi connectivity index (χ0n) is 15.7. The van der Waals surface area contributed by atoms with Crippen molar-refractivity contribution in [1.29, 1.82) is 0 Å². The summed E-state index contributed by atoms with van der Waals surface area (Å²) < 4.78 is 0. The van der Waals surface area contributed by atoms with Gasteiger partial charge in [-0.25, -0.2) is 0 Å². The Hall–Kier alpha value is -2.00. The second-order valence-electron chi connectivity index (χ2n) is 7.50. The zero-order valence-corrected chi connectivity index (χ0v) is 16.5. The Bertz CT molecular complexity index is 873. The maximum absolute atomic E-state index is 12.9. The van der Waals surface area contributed by atoms with Gasteiger partial charge in [0.05, 0.1) is 6.04 Å². The van der Waals surface area contributed by atoms with Crippen LogP contribution in [0.25, 0.3) is 0 Å². The second kappa shape index (κ2) is 6.62. The first-order valence-corrected chi connectivity index (χ1v) is 10.5. The van der Waals surface area contributed by atoms with Crippen LogP contribution in [0.1, 0.15) is 49.4 Å². The van der Waals surface area contributed by atoms with E-state index in [9.17, 15) is 4.79 Å². The number of likely N-dealkylation sites (tertiary alicyclic amines) is 1. The lowest BCUT2D eigenvalue weighted by atomic mass is 9.67. The Balaban J connectivity index is 1.77. The average Bonchev–Trinajstić information content (AvgIpc) is 2.68. The lowest BCUT2D eigenvalue weighted by molar-refractivity contribution is -0.134. The number of rotatable bonds is 3. The van der Waals surface area contributed by atoms with Crippen LogP contribution in [0.4, 0.5) is 0 Å². The Kier molecular flexibility index (Phi) is 4.44. The molecule has 1 saturated heterocycles. The molecular weight excluding hydrogens is 338 g/mol. The molecule has 26 heavy (non-hydrogen) atoms. The van der Waals surface area contributed by atoms with Crippen LogP contribution >= 0.6 is 11.8 Å². The molecule has 2 aromatic rings. The highest BCUT2D eigenvalue weighted by Crippen LogP contribution is 2.49. The van der Waals surface area contributed by atoms with Crippen LogP contribution in [-0.4, -0.2) is 17.1 Å². The van der Waals surface area contributed by atoms with Crippen molar-refractivity contribution in [1.82, 2.24) is 4.90 Å². The number of fused-ring (bicyclic) bond motifs is 3. The summed E-state index contributed by atoms with van der Waals surface area (Å²) in [5, 5.41) is 0. The number of nitrogens with zero attached hydrogens (tertiary/aromatic N) is 1. The van der Waals surface area contributed by atoms with Gasteiger partial charge >= 0.3 is 0 Å². The number of hydrogen-bond donors (Lipinski definition) is 0. The van der Waals surface area contributed by atoms with Crippen LogP contribution in [0.5, 0.6) is 0 Å². The first-order chi connectivity index (χ1) is 12.5. The van der Waals surface area contributed by atoms with E-state index >= 15 is 0 Å². The van der Waals surface area contributed by atoms with Crippen LogP contribution in [0.2, 0.25) is 0 Å². The summed E-state index contributed by atoms with van der Waals surface area (Å²) in [4.78, 5) is 16.3. The highest BCUT2D eigenvalue weighted by Gasteiger charge is 2.45. The number of piperidine rings is 1. The number of benzene rings is 2. The molecule has 0 bridgehead atoms. The van der Waals surface area contributed by atoms with E-state index in [0.717, 1.165) is 12.8 Å². The van der Waals surface area contributed by atoms with Gasteiger partial charge in [-0.2, -0.15) is 0 Å². The normalized spacial score (nSPS) is 23.1. The van der Waals surface area contributed by atoms with E-state index in [1.165, 1.54) is 27.3 Å². The second-order valence-corrected chi connectivity index (χ2v) is 8.38. The highest BCUT2D eigenvalue weighted by atomic mass is 32.2. The fourth-order valence-corrected chi connectivity index (χ4v) is 4.98. The first-order valence-electron chi connectivity index (χ1n) is 9.29. The van der Waals surface area contributed by atoms with Gasteiger partial charge in [0.15, 0.2) is 0 Å². The largest absolute Gasteiger partial charge is 0.308 e. The molecule has 0 unspecified atom stereocenters. The number of amides is 1. The summed E-state index contributed by atoms with van der Waals surface area (Å²) in [6.45, 7) is 4.46. The topological polar surface area (TPSA) is 20.3 Å². The highest BCUT2D eigenvalue weighted by molar-refractivity contribution is 7.98. The number of thioether (sulfide) groups is 1. The Morgan fingerprint density at radius 3 is 2.65 bits per heavy atom. The molecule has 4 rings (SSSR count). The third-order valence-corrected chi connectivity index (χ3v) is 6.75. The van der Waals surface area contributed by atoms with Gasteiger partial charge in [-0.1, -0.05) is 42.5 Å². The van der Waals surface area contributed by atoms with Crippen molar-refractivity contribution in [3.8, 4) is 0 Å². The SMILES string of the molecule is CSc1ccc2c(c1)CC=C1N([C@H](C)c3ccccc3)C(=O)CC[C@@]12C. The van der Waals surface area contributed by atoms with E-state index in [1.54, 1.807) is 11.8 Å². The molecule has 1 aliphatic carbocycles. The molecule has 0 aromatic heterocycles. The van der Waals surface area contributed by atoms with Gasteiger partial charge in [0.1, 0.15) is 0 Å². The molecule has 1 aliphatic heterocycles. The first kappa shape index (κ1) is 17.4. The lowest BCUT2D eigenvalue weighted by Gasteiger charge is -2.48. The number of allylic oxidation sites excluding steroid dienone is 2. The van der Waals surface area contributed by atoms with Crippen LogP contribution in [-0.2, 0) is 16.6 Å². The van der Waals surface area contributed by atoms with E-state index in [-0.39, 0.29) is 17.4 Å². The number of hydrogen-bond acceptors (Lipinski definition) is 2. The summed E-state index contributed by atoms with van der Waals surface area (Å²) >= 11 is 1.79. The predicted octanol–water partition coefficient (Wildman–Crippen LogP) is 5.49. The molecule has 2 nitrogen and oxygen atoms in total. The molecule has 1 fully saturated rings. The molecule has 134 valence electrons. The fourth-order valence-electron chi connectivity index (χ4n) is 4.52. The monoisotopic (exact) mass is 363 g/mol. The lowest BCUT2D eigenvalue weighted by Crippen LogP contribution is -2.47. The van der Waals surface area contributed by atoms with E-state index < -0.39 is 0 Å². The smallest absolute Gasteiger partial charge is 0.227 e. The zero-order chi connectivity index (χ0) is 18.3. The molecule has 3 heteroatoms. The Morgan fingerprint density at radius 2 is 1.92 bits per heavy atom. The van der Waals surface area contributed by atoms with Crippen molar-refractivity contribution < 1.29 is 4.79 Å². The molecule has 2 atom stereocenters. The van der Waals surface area contributed by atoms with Crippen molar-refractivity contribution in [3.63, 3.8) is 0 Å². The van der Waals surface area contributed by atoms with Gasteiger partial charge < -0.3 is 4.90 Å². The van der Waals surface area contributed by atoms with Crippen molar-refractivity contribution in [2.24, 2.45) is 0 Å². The number of carbonyl (C=O) groups is 1. The molecule has 0 saturated carbocycles. The van der Waals surface area contributed by atoms with E-state index in [4.69, 9.17) is 0 Å². The van der Waals surface area contributed by atoms with Crippen molar-refractivity contribution >= 4 is 17.7 Å². The number of carbonyl (C=O) groups excluding carboxylic acids is 1. The maximum atomic E-state index is 12.9. The molecular formula is C23H25NOS. The van der Waals surface area contributed by atoms with Gasteiger partial charge in [-0.05, 0) is 61.8 Å². The summed E-state index contributed by atoms with van der Waals surface area (Å²) in [7, 11) is 0. The Labute approximate surface area is 160 Å². The molecule has 1 amide bonds.